The van der Waals surface area contributed by atoms with E-state index in [1.165, 1.54) is 186 Å². The summed E-state index contributed by atoms with van der Waals surface area (Å²) in [6.07, 6.45) is 62.0. The Kier molecular flexibility index (Phi) is 69.1. The van der Waals surface area contributed by atoms with Gasteiger partial charge in [0.05, 0.1) is 26.4 Å². The third-order valence-corrected chi connectivity index (χ3v) is 20.5. The Morgan fingerprint density at radius 1 is 0.330 bits per heavy atom. The molecule has 0 aromatic heterocycles. The number of rotatable bonds is 77. The summed E-state index contributed by atoms with van der Waals surface area (Å²) < 4.78 is 68.6. The van der Waals surface area contributed by atoms with Crippen LogP contribution in [0.25, 0.3) is 0 Å². The topological polar surface area (TPSA) is 237 Å². The molecule has 0 heterocycles. The minimum Gasteiger partial charge on any atom is -0.462 e. The van der Waals surface area contributed by atoms with E-state index < -0.39 is 97.5 Å². The Morgan fingerprint density at radius 2 is 0.590 bits per heavy atom. The molecule has 17 nitrogen and oxygen atoms in total. The molecule has 0 aliphatic rings. The molecule has 0 aromatic rings. The van der Waals surface area contributed by atoms with Crippen molar-refractivity contribution in [2.45, 2.75) is 414 Å². The molecule has 0 saturated heterocycles. The van der Waals surface area contributed by atoms with Gasteiger partial charge in [-0.05, 0) is 69.1 Å². The van der Waals surface area contributed by atoms with E-state index in [4.69, 9.17) is 37.0 Å². The standard InChI is InChI=1S/C81H154O17P2/c1-8-10-11-12-13-14-15-16-18-26-31-36-41-50-57-65-81(86)98-77(69-92-79(84)63-56-49-44-43-46-53-60-73(5)6)71-96-100(89,90)94-67-75(82)66-93-99(87,88)95-70-76(97-80(85)64-58-51-42-37-32-27-20-17-19-23-28-33-38-45-52-59-72(3)4)68-91-78(83)62-55-48-40-35-30-25-22-21-24-29-34-39-47-54-61-74(7)9-2/h14-16,18,72-77,82H,8-13,17,19-71H2,1-7H3,(H,87,88)(H,89,90)/b15-14-,18-16-/t74?,75-,76-,77-/m1/s1. The average molecular weight is 1460 g/mol. The van der Waals surface area contributed by atoms with E-state index in [1.807, 2.05) is 0 Å². The second-order valence-electron chi connectivity index (χ2n) is 29.7. The molecule has 0 rings (SSSR count). The van der Waals surface area contributed by atoms with Crippen molar-refractivity contribution in [3.63, 3.8) is 0 Å². The molecule has 0 aliphatic carbocycles. The van der Waals surface area contributed by atoms with Crippen molar-refractivity contribution in [2.75, 3.05) is 39.6 Å². The first kappa shape index (κ1) is 97.5. The highest BCUT2D eigenvalue weighted by Crippen LogP contribution is 2.45. The number of ether oxygens (including phenoxy) is 4. The van der Waals surface area contributed by atoms with Crippen molar-refractivity contribution in [2.24, 2.45) is 17.8 Å². The number of phosphoric acid groups is 2. The van der Waals surface area contributed by atoms with Crippen LogP contribution in [0.15, 0.2) is 24.3 Å². The van der Waals surface area contributed by atoms with Crippen molar-refractivity contribution >= 4 is 39.5 Å². The van der Waals surface area contributed by atoms with Crippen LogP contribution in [0.5, 0.6) is 0 Å². The molecule has 0 spiro atoms. The molecular weight excluding hydrogens is 1310 g/mol. The summed E-state index contributed by atoms with van der Waals surface area (Å²) in [5.41, 5.74) is 0. The molecular formula is C81H154O17P2. The van der Waals surface area contributed by atoms with E-state index in [9.17, 15) is 43.2 Å². The van der Waals surface area contributed by atoms with Crippen LogP contribution in [0, 0.1) is 17.8 Å². The highest BCUT2D eigenvalue weighted by atomic mass is 31.2. The molecule has 0 fully saturated rings. The highest BCUT2D eigenvalue weighted by Gasteiger charge is 2.30. The fourth-order valence-electron chi connectivity index (χ4n) is 11.9. The zero-order valence-electron chi connectivity index (χ0n) is 65.2. The number of aliphatic hydroxyl groups excluding tert-OH is 1. The van der Waals surface area contributed by atoms with Crippen LogP contribution in [0.4, 0.5) is 0 Å². The van der Waals surface area contributed by atoms with Crippen LogP contribution in [-0.4, -0.2) is 96.7 Å². The monoisotopic (exact) mass is 1460 g/mol. The first-order chi connectivity index (χ1) is 48.3. The lowest BCUT2D eigenvalue weighted by molar-refractivity contribution is -0.161. The summed E-state index contributed by atoms with van der Waals surface area (Å²) in [5, 5.41) is 10.6. The predicted octanol–water partition coefficient (Wildman–Crippen LogP) is 23.7. The predicted molar refractivity (Wildman–Crippen MR) is 409 cm³/mol. The van der Waals surface area contributed by atoms with Gasteiger partial charge in [-0.25, -0.2) is 9.13 Å². The molecule has 3 N–H and O–H groups in total. The number of hydrogen-bond donors (Lipinski definition) is 3. The smallest absolute Gasteiger partial charge is 0.462 e. The molecule has 590 valence electrons. The molecule has 19 heteroatoms. The summed E-state index contributed by atoms with van der Waals surface area (Å²) in [4.78, 5) is 73.0. The molecule has 0 aromatic carbocycles. The molecule has 0 bridgehead atoms. The van der Waals surface area contributed by atoms with Crippen LogP contribution >= 0.6 is 15.6 Å². The van der Waals surface area contributed by atoms with Crippen LogP contribution in [0.2, 0.25) is 0 Å². The first-order valence-corrected chi connectivity index (χ1v) is 44.2. The molecule has 6 atom stereocenters. The van der Waals surface area contributed by atoms with Gasteiger partial charge in [0.1, 0.15) is 19.3 Å². The molecule has 0 radical (unpaired) electrons. The van der Waals surface area contributed by atoms with Crippen LogP contribution in [-0.2, 0) is 65.4 Å². The van der Waals surface area contributed by atoms with Gasteiger partial charge in [-0.3, -0.25) is 37.3 Å². The molecule has 0 aliphatic heterocycles. The summed E-state index contributed by atoms with van der Waals surface area (Å²) in [7, 11) is -9.93. The SMILES string of the molecule is CCCCCC/C=C\C=C/CCCCCCCC(=O)O[C@H](COC(=O)CCCCCCCCC(C)C)COP(=O)(O)OC[C@H](O)COP(=O)(O)OC[C@@H](COC(=O)CCCCCCCCCCCCCCCCC(C)CC)OC(=O)CCCCCCCCCCCCCCCCCC(C)C. The first-order valence-electron chi connectivity index (χ1n) is 41.2. The lowest BCUT2D eigenvalue weighted by Crippen LogP contribution is -2.30. The van der Waals surface area contributed by atoms with Crippen molar-refractivity contribution in [1.82, 2.24) is 0 Å². The third kappa shape index (κ3) is 72.5. The van der Waals surface area contributed by atoms with Gasteiger partial charge in [0.15, 0.2) is 12.2 Å². The molecule has 100 heavy (non-hydrogen) atoms. The fraction of sp³-hybridized carbons (Fsp3) is 0.901. The van der Waals surface area contributed by atoms with Crippen LogP contribution < -0.4 is 0 Å². The second kappa shape index (κ2) is 70.8. The fourth-order valence-corrected chi connectivity index (χ4v) is 13.5. The number of carbonyl (C=O) groups excluding carboxylic acids is 4. The van der Waals surface area contributed by atoms with Crippen molar-refractivity contribution in [3.8, 4) is 0 Å². The van der Waals surface area contributed by atoms with Gasteiger partial charge in [0, 0.05) is 25.7 Å². The van der Waals surface area contributed by atoms with Gasteiger partial charge in [0.2, 0.25) is 0 Å². The third-order valence-electron chi connectivity index (χ3n) is 18.6. The Hall–Kier alpha value is -2.46. The maximum Gasteiger partial charge on any atom is 0.472 e. The van der Waals surface area contributed by atoms with Crippen LogP contribution in [0.3, 0.4) is 0 Å². The number of phosphoric ester groups is 2. The summed E-state index contributed by atoms with van der Waals surface area (Å²) in [6, 6.07) is 0. The average Bonchev–Trinajstić information content (AvgIpc) is 0.924. The number of aliphatic hydroxyl groups is 1. The highest BCUT2D eigenvalue weighted by molar-refractivity contribution is 7.47. The molecule has 0 saturated carbocycles. The van der Waals surface area contributed by atoms with E-state index in [1.54, 1.807) is 0 Å². The lowest BCUT2D eigenvalue weighted by atomic mass is 9.99. The van der Waals surface area contributed by atoms with E-state index in [0.29, 0.717) is 31.6 Å². The molecule has 0 amide bonds. The zero-order chi connectivity index (χ0) is 73.7. The second-order valence-corrected chi connectivity index (χ2v) is 32.6. The zero-order valence-corrected chi connectivity index (χ0v) is 66.9. The van der Waals surface area contributed by atoms with Crippen LogP contribution in [0.1, 0.15) is 395 Å². The summed E-state index contributed by atoms with van der Waals surface area (Å²) in [5.74, 6) is 0.182. The van der Waals surface area contributed by atoms with E-state index >= 15 is 0 Å². The maximum absolute atomic E-state index is 13.1. The normalized spacial score (nSPS) is 14.4. The lowest BCUT2D eigenvalue weighted by Gasteiger charge is -2.21. The Labute approximate surface area is 612 Å². The van der Waals surface area contributed by atoms with Gasteiger partial charge in [0.25, 0.3) is 0 Å². The van der Waals surface area contributed by atoms with Gasteiger partial charge in [-0.2, -0.15) is 0 Å². The number of unbranched alkanes of at least 4 members (excludes halogenated alkanes) is 41. The van der Waals surface area contributed by atoms with Crippen molar-refractivity contribution in [1.29, 1.82) is 0 Å². The number of carbonyl (C=O) groups is 4. The van der Waals surface area contributed by atoms with Gasteiger partial charge in [-0.15, -0.1) is 0 Å². The van der Waals surface area contributed by atoms with Gasteiger partial charge in [-0.1, -0.05) is 342 Å². The summed E-state index contributed by atoms with van der Waals surface area (Å²) in [6.45, 7) is 11.9. The van der Waals surface area contributed by atoms with Crippen molar-refractivity contribution in [3.05, 3.63) is 24.3 Å². The van der Waals surface area contributed by atoms with E-state index in [2.05, 4.69) is 72.8 Å². The minimum absolute atomic E-state index is 0.0839. The number of esters is 4. The number of allylic oxidation sites excluding steroid dienone is 4. The number of hydrogen-bond acceptors (Lipinski definition) is 15. The minimum atomic E-state index is -4.97. The maximum atomic E-state index is 13.1. The van der Waals surface area contributed by atoms with Gasteiger partial charge >= 0.3 is 39.5 Å². The summed E-state index contributed by atoms with van der Waals surface area (Å²) >= 11 is 0. The van der Waals surface area contributed by atoms with Gasteiger partial charge < -0.3 is 33.8 Å². The van der Waals surface area contributed by atoms with Crippen molar-refractivity contribution < 1.29 is 80.2 Å². The Morgan fingerprint density at radius 3 is 0.890 bits per heavy atom. The quantitative estimate of drug-likeness (QED) is 0.0169. The molecule has 3 unspecified atom stereocenters. The largest absolute Gasteiger partial charge is 0.472 e. The van der Waals surface area contributed by atoms with E-state index in [0.717, 1.165) is 121 Å². The Balaban J connectivity index is 5.26. The Bertz CT molecular complexity index is 2040. The van der Waals surface area contributed by atoms with E-state index in [-0.39, 0.29) is 25.7 Å².